The Morgan fingerprint density at radius 2 is 1.88 bits per heavy atom. The van der Waals surface area contributed by atoms with E-state index in [1.165, 1.54) is 0 Å². The molecule has 0 amide bonds. The van der Waals surface area contributed by atoms with Gasteiger partial charge in [0.05, 0.1) is 16.8 Å². The van der Waals surface area contributed by atoms with Crippen LogP contribution in [0.25, 0.3) is 0 Å². The first-order valence-electron chi connectivity index (χ1n) is 8.42. The Morgan fingerprint density at radius 3 is 2.58 bits per heavy atom. The summed E-state index contributed by atoms with van der Waals surface area (Å²) in [6.45, 7) is 0.672. The minimum Gasteiger partial charge on any atom is -0.454 e. The first-order chi connectivity index (χ1) is 12.5. The van der Waals surface area contributed by atoms with Gasteiger partial charge >= 0.3 is 0 Å². The standard InChI is InChI=1S/C19H21NO5S/c1-23-11-19(10-20)17(13-7-8-15-16(9-13)25-12-24-15)18(19)26(21,22)14-5-3-2-4-6-14/h2-9,17-18H,10-12,20H2,1H3/t17-,18-,19-/m1/s1. The summed E-state index contributed by atoms with van der Waals surface area (Å²) in [5.74, 6) is 1.04. The Morgan fingerprint density at radius 1 is 1.15 bits per heavy atom. The molecule has 138 valence electrons. The quantitative estimate of drug-likeness (QED) is 0.830. The van der Waals surface area contributed by atoms with E-state index in [0.29, 0.717) is 16.4 Å². The van der Waals surface area contributed by atoms with E-state index >= 15 is 0 Å². The molecule has 1 heterocycles. The van der Waals surface area contributed by atoms with Crippen LogP contribution >= 0.6 is 0 Å². The molecular weight excluding hydrogens is 354 g/mol. The molecule has 1 aliphatic carbocycles. The predicted molar refractivity (Wildman–Crippen MR) is 96.1 cm³/mol. The van der Waals surface area contributed by atoms with Crippen molar-refractivity contribution in [2.75, 3.05) is 27.1 Å². The maximum atomic E-state index is 13.3. The second kappa shape index (κ2) is 6.26. The van der Waals surface area contributed by atoms with Crippen LogP contribution in [0.2, 0.25) is 0 Å². The number of sulfone groups is 1. The highest BCUT2D eigenvalue weighted by atomic mass is 32.2. The summed E-state index contributed by atoms with van der Waals surface area (Å²) >= 11 is 0. The molecular formula is C19H21NO5S. The number of nitrogens with two attached hydrogens (primary N) is 1. The Labute approximate surface area is 152 Å². The molecule has 2 aliphatic rings. The lowest BCUT2D eigenvalue weighted by atomic mass is 9.99. The van der Waals surface area contributed by atoms with E-state index in [1.54, 1.807) is 37.4 Å². The number of ether oxygens (including phenoxy) is 3. The second-order valence-electron chi connectivity index (χ2n) is 6.74. The zero-order valence-corrected chi connectivity index (χ0v) is 15.2. The molecule has 0 radical (unpaired) electrons. The molecule has 1 aliphatic heterocycles. The number of fused-ring (bicyclic) bond motifs is 1. The van der Waals surface area contributed by atoms with Crippen molar-refractivity contribution in [3.05, 3.63) is 54.1 Å². The summed E-state index contributed by atoms with van der Waals surface area (Å²) in [6.07, 6.45) is 0. The van der Waals surface area contributed by atoms with Gasteiger partial charge in [-0.05, 0) is 29.8 Å². The Kier molecular flexibility index (Phi) is 4.17. The van der Waals surface area contributed by atoms with Crippen molar-refractivity contribution in [1.82, 2.24) is 0 Å². The Balaban J connectivity index is 1.77. The molecule has 6 nitrogen and oxygen atoms in total. The highest BCUT2D eigenvalue weighted by molar-refractivity contribution is 7.92. The van der Waals surface area contributed by atoms with Gasteiger partial charge in [-0.1, -0.05) is 24.3 Å². The van der Waals surface area contributed by atoms with E-state index in [-0.39, 0.29) is 25.9 Å². The van der Waals surface area contributed by atoms with Crippen LogP contribution in [0.5, 0.6) is 11.5 Å². The molecule has 0 saturated heterocycles. The van der Waals surface area contributed by atoms with Gasteiger partial charge in [0.25, 0.3) is 0 Å². The van der Waals surface area contributed by atoms with Gasteiger partial charge in [0.15, 0.2) is 21.3 Å². The zero-order valence-electron chi connectivity index (χ0n) is 14.4. The van der Waals surface area contributed by atoms with Gasteiger partial charge in [-0.2, -0.15) is 0 Å². The molecule has 26 heavy (non-hydrogen) atoms. The molecule has 0 spiro atoms. The van der Waals surface area contributed by atoms with Crippen molar-refractivity contribution in [3.63, 3.8) is 0 Å². The topological polar surface area (TPSA) is 87.8 Å². The highest BCUT2D eigenvalue weighted by Crippen LogP contribution is 2.64. The third-order valence-electron chi connectivity index (χ3n) is 5.33. The molecule has 2 N–H and O–H groups in total. The van der Waals surface area contributed by atoms with Crippen molar-refractivity contribution in [3.8, 4) is 11.5 Å². The van der Waals surface area contributed by atoms with Crippen LogP contribution in [-0.2, 0) is 14.6 Å². The smallest absolute Gasteiger partial charge is 0.231 e. The number of rotatable bonds is 6. The maximum Gasteiger partial charge on any atom is 0.231 e. The summed E-state index contributed by atoms with van der Waals surface area (Å²) in [6, 6.07) is 14.1. The second-order valence-corrected chi connectivity index (χ2v) is 8.81. The summed E-state index contributed by atoms with van der Waals surface area (Å²) in [5.41, 5.74) is 6.28. The molecule has 2 aromatic rings. The van der Waals surface area contributed by atoms with Crippen molar-refractivity contribution in [2.24, 2.45) is 11.1 Å². The molecule has 2 aromatic carbocycles. The van der Waals surface area contributed by atoms with E-state index in [4.69, 9.17) is 19.9 Å². The Hall–Kier alpha value is -2.09. The van der Waals surface area contributed by atoms with E-state index in [9.17, 15) is 8.42 Å². The van der Waals surface area contributed by atoms with E-state index in [1.807, 2.05) is 18.2 Å². The fourth-order valence-corrected chi connectivity index (χ4v) is 6.52. The maximum absolute atomic E-state index is 13.3. The average molecular weight is 375 g/mol. The fourth-order valence-electron chi connectivity index (χ4n) is 4.05. The number of methoxy groups -OCH3 is 1. The lowest BCUT2D eigenvalue weighted by Crippen LogP contribution is -2.28. The summed E-state index contributed by atoms with van der Waals surface area (Å²) in [7, 11) is -1.98. The lowest BCUT2D eigenvalue weighted by Gasteiger charge is -2.15. The first-order valence-corrected chi connectivity index (χ1v) is 9.97. The van der Waals surface area contributed by atoms with Crippen LogP contribution in [0.1, 0.15) is 11.5 Å². The van der Waals surface area contributed by atoms with Gasteiger partial charge < -0.3 is 19.9 Å². The fraction of sp³-hybridized carbons (Fsp3) is 0.368. The van der Waals surface area contributed by atoms with Gasteiger partial charge in [0, 0.05) is 25.0 Å². The molecule has 0 bridgehead atoms. The van der Waals surface area contributed by atoms with Crippen molar-refractivity contribution >= 4 is 9.84 Å². The molecule has 0 aromatic heterocycles. The number of benzene rings is 2. The molecule has 3 atom stereocenters. The normalized spacial score (nSPS) is 26.7. The van der Waals surface area contributed by atoms with Crippen LogP contribution in [0.4, 0.5) is 0 Å². The third-order valence-corrected chi connectivity index (χ3v) is 7.67. The molecule has 4 rings (SSSR count). The monoisotopic (exact) mass is 375 g/mol. The summed E-state index contributed by atoms with van der Waals surface area (Å²) < 4.78 is 42.8. The molecule has 1 fully saturated rings. The summed E-state index contributed by atoms with van der Waals surface area (Å²) in [5, 5.41) is -0.636. The molecule has 1 saturated carbocycles. The molecule has 0 unspecified atom stereocenters. The third kappa shape index (κ3) is 2.50. The number of hydrogen-bond donors (Lipinski definition) is 1. The first kappa shape index (κ1) is 17.3. The Bertz CT molecular complexity index is 915. The van der Waals surface area contributed by atoms with Crippen LogP contribution in [-0.4, -0.2) is 40.7 Å². The van der Waals surface area contributed by atoms with Gasteiger partial charge in [-0.3, -0.25) is 0 Å². The number of hydrogen-bond acceptors (Lipinski definition) is 6. The van der Waals surface area contributed by atoms with Gasteiger partial charge in [-0.25, -0.2) is 8.42 Å². The SMILES string of the molecule is COC[C@]1(CN)[C@H](c2ccc3c(c2)OCO3)[C@H]1S(=O)(=O)c1ccccc1. The highest BCUT2D eigenvalue weighted by Gasteiger charge is 2.70. The van der Waals surface area contributed by atoms with Crippen molar-refractivity contribution in [1.29, 1.82) is 0 Å². The van der Waals surface area contributed by atoms with Gasteiger partial charge in [-0.15, -0.1) is 0 Å². The zero-order chi connectivity index (χ0) is 18.4. The van der Waals surface area contributed by atoms with Gasteiger partial charge in [0.2, 0.25) is 6.79 Å². The minimum atomic E-state index is -3.55. The van der Waals surface area contributed by atoms with Crippen LogP contribution in [0.3, 0.4) is 0 Å². The van der Waals surface area contributed by atoms with E-state index in [0.717, 1.165) is 5.56 Å². The minimum absolute atomic E-state index is 0.176. The van der Waals surface area contributed by atoms with Crippen LogP contribution in [0.15, 0.2) is 53.4 Å². The van der Waals surface area contributed by atoms with Crippen molar-refractivity contribution in [2.45, 2.75) is 16.1 Å². The van der Waals surface area contributed by atoms with E-state index in [2.05, 4.69) is 0 Å². The largest absolute Gasteiger partial charge is 0.454 e. The van der Waals surface area contributed by atoms with Gasteiger partial charge in [0.1, 0.15) is 0 Å². The van der Waals surface area contributed by atoms with Crippen molar-refractivity contribution < 1.29 is 22.6 Å². The van der Waals surface area contributed by atoms with E-state index < -0.39 is 20.5 Å². The lowest BCUT2D eigenvalue weighted by molar-refractivity contribution is 0.142. The van der Waals surface area contributed by atoms with Crippen LogP contribution < -0.4 is 15.2 Å². The van der Waals surface area contributed by atoms with Crippen LogP contribution in [0, 0.1) is 5.41 Å². The summed E-state index contributed by atoms with van der Waals surface area (Å²) in [4.78, 5) is 0.308. The average Bonchev–Trinajstić information content (AvgIpc) is 3.10. The molecule has 7 heteroatoms. The predicted octanol–water partition coefficient (Wildman–Crippen LogP) is 1.95.